The number of ether oxygens (including phenoxy) is 3. The largest absolute Gasteiger partial charge is 0.463 e. The Kier molecular flexibility index (Phi) is 11.6. The molecule has 0 unspecified atom stereocenters. The number of nitrogens with one attached hydrogen (secondary N) is 1. The molecule has 0 bridgehead atoms. The van der Waals surface area contributed by atoms with Gasteiger partial charge >= 0.3 is 17.6 Å². The summed E-state index contributed by atoms with van der Waals surface area (Å²) in [4.78, 5) is 49.6. The average Bonchev–Trinajstić information content (AvgIpc) is 3.16. The number of aromatic nitrogens is 2. The molecule has 1 aromatic heterocycles. The van der Waals surface area contributed by atoms with Crippen LogP contribution in [0.4, 0.5) is 0 Å². The lowest BCUT2D eigenvalue weighted by atomic mass is 10.1. The number of unbranched alkanes of at least 4 members (excludes halogenated alkanes) is 8. The lowest BCUT2D eigenvalue weighted by Gasteiger charge is -2.20. The number of carbonyl (C=O) groups excluding carboxylic acids is 2. The molecule has 2 rings (SSSR count). The monoisotopic (exact) mass is 476 g/mol. The van der Waals surface area contributed by atoms with Crippen molar-refractivity contribution in [1.29, 1.82) is 0 Å². The van der Waals surface area contributed by atoms with Gasteiger partial charge in [-0.3, -0.25) is 23.9 Å². The summed E-state index contributed by atoms with van der Waals surface area (Å²) in [5.41, 5.74) is -1.15. The minimum atomic E-state index is -0.970. The van der Waals surface area contributed by atoms with E-state index in [0.29, 0.717) is 6.42 Å². The number of aromatic amines is 1. The van der Waals surface area contributed by atoms with Crippen LogP contribution in [0.25, 0.3) is 0 Å². The Morgan fingerprint density at radius 3 is 2.41 bits per heavy atom. The lowest BCUT2D eigenvalue weighted by molar-refractivity contribution is -0.153. The Morgan fingerprint density at radius 1 is 1.09 bits per heavy atom. The highest BCUT2D eigenvalue weighted by atomic mass is 16.6. The molecule has 34 heavy (non-hydrogen) atoms. The zero-order chi connectivity index (χ0) is 24.9. The van der Waals surface area contributed by atoms with Gasteiger partial charge in [-0.05, 0) is 6.42 Å². The highest BCUT2D eigenvalue weighted by molar-refractivity contribution is 5.66. The summed E-state index contributed by atoms with van der Waals surface area (Å²) in [5, 5.41) is 0. The van der Waals surface area contributed by atoms with E-state index in [2.05, 4.69) is 23.7 Å². The topological polar surface area (TPSA) is 117 Å². The summed E-state index contributed by atoms with van der Waals surface area (Å²) in [6, 6.07) is 0. The van der Waals surface area contributed by atoms with Crippen LogP contribution in [0.15, 0.2) is 15.8 Å². The molecule has 0 radical (unpaired) electrons. The Balaban J connectivity index is 2.03. The van der Waals surface area contributed by atoms with Crippen molar-refractivity contribution in [3.8, 4) is 11.8 Å². The molecule has 0 spiro atoms. The minimum absolute atomic E-state index is 0.0348. The van der Waals surface area contributed by atoms with Crippen molar-refractivity contribution in [3.05, 3.63) is 32.6 Å². The average molecular weight is 477 g/mol. The van der Waals surface area contributed by atoms with E-state index in [1.165, 1.54) is 63.1 Å². The smallest absolute Gasteiger partial charge is 0.330 e. The first-order valence-electron chi connectivity index (χ1n) is 12.1. The zero-order valence-corrected chi connectivity index (χ0v) is 20.4. The molecule has 9 heteroatoms. The van der Waals surface area contributed by atoms with Gasteiger partial charge in [0.25, 0.3) is 5.56 Å². The fourth-order valence-corrected chi connectivity index (χ4v) is 3.87. The third-order valence-corrected chi connectivity index (χ3v) is 5.56. The van der Waals surface area contributed by atoms with Crippen molar-refractivity contribution in [1.82, 2.24) is 9.55 Å². The molecule has 0 saturated carbocycles. The van der Waals surface area contributed by atoms with Crippen LogP contribution in [-0.4, -0.2) is 40.3 Å². The van der Waals surface area contributed by atoms with E-state index in [1.54, 1.807) is 0 Å². The van der Waals surface area contributed by atoms with Crippen LogP contribution in [0, 0.1) is 11.8 Å². The maximum atomic E-state index is 12.5. The maximum absolute atomic E-state index is 12.5. The van der Waals surface area contributed by atoms with Gasteiger partial charge in [-0.25, -0.2) is 4.79 Å². The van der Waals surface area contributed by atoms with E-state index in [-0.39, 0.29) is 18.6 Å². The van der Waals surface area contributed by atoms with E-state index in [4.69, 9.17) is 14.2 Å². The lowest BCUT2D eigenvalue weighted by Crippen LogP contribution is -2.37. The van der Waals surface area contributed by atoms with Crippen LogP contribution in [0.1, 0.15) is 96.8 Å². The van der Waals surface area contributed by atoms with Crippen LogP contribution in [0.3, 0.4) is 0 Å². The molecule has 1 aliphatic rings. The second kappa shape index (κ2) is 14.4. The molecule has 0 aromatic carbocycles. The quantitative estimate of drug-likeness (QED) is 0.280. The number of hydrogen-bond acceptors (Lipinski definition) is 7. The van der Waals surface area contributed by atoms with Crippen molar-refractivity contribution < 1.29 is 23.8 Å². The number of nitrogens with zero attached hydrogens (tertiary/aromatic N) is 1. The summed E-state index contributed by atoms with van der Waals surface area (Å²) in [7, 11) is 0. The van der Waals surface area contributed by atoms with E-state index in [0.717, 1.165) is 12.8 Å². The minimum Gasteiger partial charge on any atom is -0.463 e. The summed E-state index contributed by atoms with van der Waals surface area (Å²) in [6.45, 7) is 4.71. The molecule has 3 atom stereocenters. The predicted molar refractivity (Wildman–Crippen MR) is 126 cm³/mol. The molecule has 1 fully saturated rings. The molecular formula is C25H36N2O7. The van der Waals surface area contributed by atoms with Gasteiger partial charge in [0, 0.05) is 32.9 Å². The first kappa shape index (κ1) is 27.4. The maximum Gasteiger partial charge on any atom is 0.330 e. The van der Waals surface area contributed by atoms with E-state index < -0.39 is 41.6 Å². The van der Waals surface area contributed by atoms with Gasteiger partial charge in [-0.15, -0.1) is 0 Å². The molecule has 188 valence electrons. The van der Waals surface area contributed by atoms with E-state index in [9.17, 15) is 19.2 Å². The number of rotatable bonds is 12. The van der Waals surface area contributed by atoms with Crippen LogP contribution >= 0.6 is 0 Å². The molecule has 1 aliphatic heterocycles. The summed E-state index contributed by atoms with van der Waals surface area (Å²) in [5.74, 6) is 4.85. The third kappa shape index (κ3) is 9.18. The van der Waals surface area contributed by atoms with Crippen LogP contribution in [0.2, 0.25) is 0 Å². The number of esters is 2. The molecular weight excluding hydrogens is 440 g/mol. The van der Waals surface area contributed by atoms with Gasteiger partial charge in [0.2, 0.25) is 0 Å². The number of H-pyrrole nitrogens is 1. The third-order valence-electron chi connectivity index (χ3n) is 5.56. The first-order chi connectivity index (χ1) is 16.3. The number of hydrogen-bond donors (Lipinski definition) is 1. The normalized spacial score (nSPS) is 19.3. The van der Waals surface area contributed by atoms with E-state index in [1.807, 2.05) is 0 Å². The van der Waals surface area contributed by atoms with Crippen molar-refractivity contribution in [2.24, 2.45) is 0 Å². The predicted octanol–water partition coefficient (Wildman–Crippen LogP) is 3.20. The number of carbonyl (C=O) groups is 2. The van der Waals surface area contributed by atoms with Gasteiger partial charge in [0.15, 0.2) is 6.23 Å². The van der Waals surface area contributed by atoms with Crippen molar-refractivity contribution >= 4 is 11.9 Å². The van der Waals surface area contributed by atoms with Gasteiger partial charge < -0.3 is 14.2 Å². The van der Waals surface area contributed by atoms with Crippen molar-refractivity contribution in [2.75, 3.05) is 6.61 Å². The van der Waals surface area contributed by atoms with Crippen LogP contribution in [0.5, 0.6) is 0 Å². The Labute approximate surface area is 200 Å². The highest BCUT2D eigenvalue weighted by Gasteiger charge is 2.40. The summed E-state index contributed by atoms with van der Waals surface area (Å²) < 4.78 is 17.3. The van der Waals surface area contributed by atoms with Crippen LogP contribution < -0.4 is 11.2 Å². The molecule has 2 heterocycles. The zero-order valence-electron chi connectivity index (χ0n) is 20.4. The fourth-order valence-electron chi connectivity index (χ4n) is 3.87. The molecule has 1 N–H and O–H groups in total. The van der Waals surface area contributed by atoms with E-state index >= 15 is 0 Å². The molecule has 0 aliphatic carbocycles. The summed E-state index contributed by atoms with van der Waals surface area (Å²) >= 11 is 0. The second-order valence-electron chi connectivity index (χ2n) is 8.57. The first-order valence-corrected chi connectivity index (χ1v) is 12.1. The van der Waals surface area contributed by atoms with Gasteiger partial charge in [-0.1, -0.05) is 63.7 Å². The SMILES string of the molecule is CCCCCCCCCCC#Cc1cn([C@@H]2O[C@H](COC(C)=O)C[C@H]2OC(C)=O)c(=O)[nH]c1=O. The molecule has 1 aromatic rings. The fraction of sp³-hybridized carbons (Fsp3) is 0.680. The second-order valence-corrected chi connectivity index (χ2v) is 8.57. The van der Waals surface area contributed by atoms with Gasteiger partial charge in [0.1, 0.15) is 18.3 Å². The van der Waals surface area contributed by atoms with Gasteiger partial charge in [-0.2, -0.15) is 0 Å². The van der Waals surface area contributed by atoms with Crippen molar-refractivity contribution in [3.63, 3.8) is 0 Å². The molecule has 0 amide bonds. The van der Waals surface area contributed by atoms with Crippen molar-refractivity contribution in [2.45, 2.75) is 103 Å². The summed E-state index contributed by atoms with van der Waals surface area (Å²) in [6.07, 6.45) is 9.50. The Bertz CT molecular complexity index is 985. The Hall–Kier alpha value is -2.86. The highest BCUT2D eigenvalue weighted by Crippen LogP contribution is 2.30. The molecule has 1 saturated heterocycles. The van der Waals surface area contributed by atoms with Gasteiger partial charge in [0.05, 0.1) is 6.10 Å². The molecule has 9 nitrogen and oxygen atoms in total. The van der Waals surface area contributed by atoms with Crippen LogP contribution in [-0.2, 0) is 23.8 Å². The Morgan fingerprint density at radius 2 is 1.76 bits per heavy atom. The standard InChI is InChI=1S/C25H36N2O7/c1-4-5-6-7-8-9-10-11-12-13-14-20-16-27(25(31)26-23(20)30)24-22(33-19(3)29)15-21(34-24)17-32-18(2)28/h16,21-22,24H,4-12,15,17H2,1-3H3,(H,26,30,31)/t21-,22+,24+/m0/s1.